The molecule has 0 bridgehead atoms. The summed E-state index contributed by atoms with van der Waals surface area (Å²) in [7, 11) is 0. The molecule has 0 aromatic heterocycles. The van der Waals surface area contributed by atoms with E-state index in [0.29, 0.717) is 0 Å². The first-order valence-electron chi connectivity index (χ1n) is 9.71. The van der Waals surface area contributed by atoms with Crippen LogP contribution in [0.2, 0.25) is 0 Å². The molecule has 23 heavy (non-hydrogen) atoms. The Hall–Kier alpha value is -1.05. The maximum Gasteiger partial charge on any atom is 0.327 e. The zero-order chi connectivity index (χ0) is 17.2. The molecule has 1 unspecified atom stereocenters. The number of hydrogen-bond donors (Lipinski definition) is 1. The quantitative estimate of drug-likeness (QED) is 0.190. The van der Waals surface area contributed by atoms with Crippen LogP contribution in [0.25, 0.3) is 0 Å². The van der Waals surface area contributed by atoms with Crippen molar-refractivity contribution in [2.75, 3.05) is 0 Å². The number of carboxylic acids is 1. The molecule has 0 aliphatic rings. The van der Waals surface area contributed by atoms with Gasteiger partial charge in [0.1, 0.15) is 0 Å². The summed E-state index contributed by atoms with van der Waals surface area (Å²) in [5.41, 5.74) is 0. The van der Waals surface area contributed by atoms with Crippen molar-refractivity contribution in [2.24, 2.45) is 5.92 Å². The zero-order valence-corrected chi connectivity index (χ0v) is 15.4. The standard InChI is InChI=1S/C21H38O2/c1-3-4-5-14-17-20(2)18-15-12-10-8-6-7-9-11-13-16-19-21(22)23/h12,15-16,19-20H,3-11,13-14,17-18H2,1-2H3,(H,22,23)/b15-12?,19-16-. The molecule has 0 aliphatic heterocycles. The van der Waals surface area contributed by atoms with Crippen LogP contribution in [0.5, 0.6) is 0 Å². The highest BCUT2D eigenvalue weighted by atomic mass is 16.4. The molecule has 2 nitrogen and oxygen atoms in total. The lowest BCUT2D eigenvalue weighted by Crippen LogP contribution is -1.92. The van der Waals surface area contributed by atoms with Gasteiger partial charge in [0.2, 0.25) is 0 Å². The zero-order valence-electron chi connectivity index (χ0n) is 15.4. The van der Waals surface area contributed by atoms with Gasteiger partial charge in [-0.05, 0) is 38.0 Å². The Balaban J connectivity index is 3.29. The van der Waals surface area contributed by atoms with Gasteiger partial charge in [-0.1, -0.05) is 83.4 Å². The number of hydrogen-bond acceptors (Lipinski definition) is 1. The Kier molecular flexibility index (Phi) is 16.5. The highest BCUT2D eigenvalue weighted by molar-refractivity contribution is 5.79. The maximum atomic E-state index is 10.3. The number of allylic oxidation sites excluding steroid dienone is 3. The molecule has 0 spiro atoms. The minimum absolute atomic E-state index is 0.835. The molecule has 0 aliphatic carbocycles. The van der Waals surface area contributed by atoms with Gasteiger partial charge in [0.05, 0.1) is 0 Å². The van der Waals surface area contributed by atoms with Crippen LogP contribution in [0, 0.1) is 5.92 Å². The number of carbonyl (C=O) groups is 1. The minimum atomic E-state index is -0.841. The van der Waals surface area contributed by atoms with E-state index in [-0.39, 0.29) is 0 Å². The summed E-state index contributed by atoms with van der Waals surface area (Å²) in [6, 6.07) is 0. The molecular formula is C21H38O2. The normalized spacial score (nSPS) is 13.1. The molecule has 0 fully saturated rings. The highest BCUT2D eigenvalue weighted by Crippen LogP contribution is 2.15. The predicted molar refractivity (Wildman–Crippen MR) is 101 cm³/mol. The number of rotatable bonds is 16. The molecule has 1 N–H and O–H groups in total. The first kappa shape index (κ1) is 21.9. The van der Waals surface area contributed by atoms with Crippen molar-refractivity contribution in [3.63, 3.8) is 0 Å². The van der Waals surface area contributed by atoms with Crippen LogP contribution < -0.4 is 0 Å². The lowest BCUT2D eigenvalue weighted by atomic mass is 9.99. The Morgan fingerprint density at radius 3 is 2.13 bits per heavy atom. The summed E-state index contributed by atoms with van der Waals surface area (Å²) >= 11 is 0. The summed E-state index contributed by atoms with van der Waals surface area (Å²) in [6.07, 6.45) is 24.1. The van der Waals surface area contributed by atoms with E-state index in [9.17, 15) is 4.79 Å². The van der Waals surface area contributed by atoms with Gasteiger partial charge in [-0.3, -0.25) is 0 Å². The smallest absolute Gasteiger partial charge is 0.327 e. The molecule has 0 aromatic carbocycles. The second-order valence-corrected chi connectivity index (χ2v) is 6.75. The van der Waals surface area contributed by atoms with E-state index in [1.54, 1.807) is 6.08 Å². The van der Waals surface area contributed by atoms with Gasteiger partial charge in [0.15, 0.2) is 0 Å². The van der Waals surface area contributed by atoms with E-state index in [1.807, 2.05) is 0 Å². The molecule has 0 heterocycles. The van der Waals surface area contributed by atoms with Gasteiger partial charge >= 0.3 is 5.97 Å². The van der Waals surface area contributed by atoms with Crippen molar-refractivity contribution in [3.8, 4) is 0 Å². The average Bonchev–Trinajstić information content (AvgIpc) is 2.52. The molecule has 0 aromatic rings. The summed E-state index contributed by atoms with van der Waals surface area (Å²) in [6.45, 7) is 4.64. The topological polar surface area (TPSA) is 37.3 Å². The van der Waals surface area contributed by atoms with Gasteiger partial charge in [-0.25, -0.2) is 4.79 Å². The first-order chi connectivity index (χ1) is 11.2. The molecule has 0 saturated carbocycles. The van der Waals surface area contributed by atoms with Crippen LogP contribution in [0.3, 0.4) is 0 Å². The molecule has 1 atom stereocenters. The van der Waals surface area contributed by atoms with Gasteiger partial charge in [0, 0.05) is 6.08 Å². The van der Waals surface area contributed by atoms with Crippen molar-refractivity contribution < 1.29 is 9.90 Å². The van der Waals surface area contributed by atoms with Crippen LogP contribution in [-0.2, 0) is 4.79 Å². The second kappa shape index (κ2) is 17.3. The minimum Gasteiger partial charge on any atom is -0.478 e. The fourth-order valence-electron chi connectivity index (χ4n) is 2.72. The summed E-state index contributed by atoms with van der Waals surface area (Å²) in [5, 5.41) is 8.46. The number of carboxylic acid groups (broad SMARTS) is 1. The fraction of sp³-hybridized carbons (Fsp3) is 0.762. The van der Waals surface area contributed by atoms with Crippen molar-refractivity contribution in [2.45, 2.75) is 97.3 Å². The van der Waals surface area contributed by atoms with Gasteiger partial charge in [0.25, 0.3) is 0 Å². The van der Waals surface area contributed by atoms with E-state index < -0.39 is 5.97 Å². The van der Waals surface area contributed by atoms with Gasteiger partial charge in [-0.15, -0.1) is 0 Å². The van der Waals surface area contributed by atoms with Crippen molar-refractivity contribution >= 4 is 5.97 Å². The molecule has 2 heteroatoms. The van der Waals surface area contributed by atoms with E-state index in [1.165, 1.54) is 76.7 Å². The fourth-order valence-corrected chi connectivity index (χ4v) is 2.72. The largest absolute Gasteiger partial charge is 0.478 e. The van der Waals surface area contributed by atoms with Crippen molar-refractivity contribution in [3.05, 3.63) is 24.3 Å². The summed E-state index contributed by atoms with van der Waals surface area (Å²) in [5.74, 6) is -0.00553. The molecule has 0 saturated heterocycles. The van der Waals surface area contributed by atoms with Crippen LogP contribution in [0.4, 0.5) is 0 Å². The van der Waals surface area contributed by atoms with Gasteiger partial charge < -0.3 is 5.11 Å². The van der Waals surface area contributed by atoms with Crippen LogP contribution >= 0.6 is 0 Å². The molecule has 0 rings (SSSR count). The Morgan fingerprint density at radius 1 is 0.870 bits per heavy atom. The van der Waals surface area contributed by atoms with Gasteiger partial charge in [-0.2, -0.15) is 0 Å². The molecular weight excluding hydrogens is 284 g/mol. The third-order valence-corrected chi connectivity index (χ3v) is 4.26. The van der Waals surface area contributed by atoms with E-state index in [2.05, 4.69) is 26.0 Å². The maximum absolute atomic E-state index is 10.3. The van der Waals surface area contributed by atoms with Crippen LogP contribution in [0.15, 0.2) is 24.3 Å². The van der Waals surface area contributed by atoms with E-state index in [4.69, 9.17) is 5.11 Å². The second-order valence-electron chi connectivity index (χ2n) is 6.75. The lowest BCUT2D eigenvalue weighted by molar-refractivity contribution is -0.131. The van der Waals surface area contributed by atoms with Crippen molar-refractivity contribution in [1.29, 1.82) is 0 Å². The van der Waals surface area contributed by atoms with E-state index in [0.717, 1.165) is 18.8 Å². The van der Waals surface area contributed by atoms with Crippen LogP contribution in [0.1, 0.15) is 97.3 Å². The molecule has 0 amide bonds. The predicted octanol–water partition coefficient (Wildman–Crippen LogP) is 6.91. The summed E-state index contributed by atoms with van der Waals surface area (Å²) < 4.78 is 0. The monoisotopic (exact) mass is 322 g/mol. The number of unbranched alkanes of at least 4 members (excludes halogenated alkanes) is 9. The SMILES string of the molecule is CCCCCCC(C)CC=CCCCCCCC/C=C\C(=O)O. The Labute approximate surface area is 144 Å². The van der Waals surface area contributed by atoms with Crippen molar-refractivity contribution in [1.82, 2.24) is 0 Å². The van der Waals surface area contributed by atoms with E-state index >= 15 is 0 Å². The highest BCUT2D eigenvalue weighted by Gasteiger charge is 1.98. The molecule has 0 radical (unpaired) electrons. The summed E-state index contributed by atoms with van der Waals surface area (Å²) in [4.78, 5) is 10.3. The Morgan fingerprint density at radius 2 is 1.48 bits per heavy atom. The third kappa shape index (κ3) is 18.9. The molecule has 134 valence electrons. The van der Waals surface area contributed by atoms with Crippen LogP contribution in [-0.4, -0.2) is 11.1 Å². The number of aliphatic carboxylic acids is 1. The first-order valence-corrected chi connectivity index (χ1v) is 9.71. The Bertz CT molecular complexity index is 318. The average molecular weight is 323 g/mol. The lowest BCUT2D eigenvalue weighted by Gasteiger charge is -2.07. The third-order valence-electron chi connectivity index (χ3n) is 4.26.